The van der Waals surface area contributed by atoms with E-state index in [-0.39, 0.29) is 11.8 Å². The molecule has 1 aromatic carbocycles. The summed E-state index contributed by atoms with van der Waals surface area (Å²) >= 11 is 0. The van der Waals surface area contributed by atoms with Gasteiger partial charge in [0.05, 0.1) is 0 Å². The van der Waals surface area contributed by atoms with Crippen LogP contribution in [-0.4, -0.2) is 36.8 Å². The van der Waals surface area contributed by atoms with E-state index in [1.165, 1.54) is 0 Å². The summed E-state index contributed by atoms with van der Waals surface area (Å²) in [6, 6.07) is 6.96. The molecule has 2 atom stereocenters. The van der Waals surface area contributed by atoms with Crippen molar-refractivity contribution >= 4 is 0 Å². The fourth-order valence-corrected chi connectivity index (χ4v) is 2.40. The minimum atomic E-state index is -4.32. The van der Waals surface area contributed by atoms with Crippen LogP contribution < -0.4 is 10.5 Å². The number of alkyl halides is 3. The molecule has 1 fully saturated rings. The van der Waals surface area contributed by atoms with Crippen LogP contribution in [0.4, 0.5) is 13.2 Å². The van der Waals surface area contributed by atoms with Gasteiger partial charge in [-0.15, -0.1) is 0 Å². The molecular formula is C14H19F3N2O. The van der Waals surface area contributed by atoms with E-state index in [1.54, 1.807) is 24.3 Å². The zero-order valence-corrected chi connectivity index (χ0v) is 11.4. The molecule has 1 heterocycles. The molecule has 0 radical (unpaired) electrons. The van der Waals surface area contributed by atoms with Crippen LogP contribution in [0.3, 0.4) is 0 Å². The number of hydrogen-bond donors (Lipinski definition) is 1. The number of halogens is 3. The lowest BCUT2D eigenvalue weighted by molar-refractivity contribution is -0.153. The quantitative estimate of drug-likeness (QED) is 0.924. The van der Waals surface area contributed by atoms with E-state index >= 15 is 0 Å². The lowest BCUT2D eigenvalue weighted by Crippen LogP contribution is -2.28. The molecule has 2 N–H and O–H groups in total. The van der Waals surface area contributed by atoms with Crippen LogP contribution in [-0.2, 0) is 6.54 Å². The van der Waals surface area contributed by atoms with Gasteiger partial charge in [-0.25, -0.2) is 0 Å². The minimum absolute atomic E-state index is 0.123. The van der Waals surface area contributed by atoms with E-state index in [0.29, 0.717) is 12.5 Å². The molecule has 0 bridgehead atoms. The van der Waals surface area contributed by atoms with E-state index in [0.717, 1.165) is 18.7 Å². The van der Waals surface area contributed by atoms with Gasteiger partial charge in [0, 0.05) is 31.2 Å². The van der Waals surface area contributed by atoms with Gasteiger partial charge in [0.15, 0.2) is 6.61 Å². The van der Waals surface area contributed by atoms with E-state index in [1.807, 2.05) is 0 Å². The first-order valence-corrected chi connectivity index (χ1v) is 6.60. The molecule has 3 nitrogen and oxygen atoms in total. The predicted molar refractivity (Wildman–Crippen MR) is 70.4 cm³/mol. The summed E-state index contributed by atoms with van der Waals surface area (Å²) < 4.78 is 41.6. The van der Waals surface area contributed by atoms with Crippen molar-refractivity contribution in [2.24, 2.45) is 11.7 Å². The molecule has 0 amide bonds. The maximum Gasteiger partial charge on any atom is 0.422 e. The van der Waals surface area contributed by atoms with Crippen molar-refractivity contribution in [2.75, 3.05) is 19.7 Å². The number of ether oxygens (including phenoxy) is 1. The topological polar surface area (TPSA) is 38.5 Å². The maximum absolute atomic E-state index is 12.2. The van der Waals surface area contributed by atoms with E-state index in [4.69, 9.17) is 10.5 Å². The van der Waals surface area contributed by atoms with E-state index in [9.17, 15) is 13.2 Å². The summed E-state index contributed by atoms with van der Waals surface area (Å²) in [5.74, 6) is 0.691. The highest BCUT2D eigenvalue weighted by atomic mass is 19.4. The monoisotopic (exact) mass is 288 g/mol. The summed E-state index contributed by atoms with van der Waals surface area (Å²) in [7, 11) is 0. The second kappa shape index (κ2) is 6.01. The lowest BCUT2D eigenvalue weighted by Gasteiger charge is -2.18. The van der Waals surface area contributed by atoms with Gasteiger partial charge in [0.25, 0.3) is 0 Å². The average molecular weight is 288 g/mol. The molecule has 1 saturated heterocycles. The van der Waals surface area contributed by atoms with Gasteiger partial charge in [-0.1, -0.05) is 25.1 Å². The van der Waals surface area contributed by atoms with Crippen molar-refractivity contribution in [3.63, 3.8) is 0 Å². The summed E-state index contributed by atoms with van der Waals surface area (Å²) in [5.41, 5.74) is 6.72. The van der Waals surface area contributed by atoms with Gasteiger partial charge < -0.3 is 10.5 Å². The molecular weight excluding hydrogens is 269 g/mol. The smallest absolute Gasteiger partial charge is 0.422 e. The van der Waals surface area contributed by atoms with Crippen LogP contribution in [0.2, 0.25) is 0 Å². The molecule has 0 spiro atoms. The van der Waals surface area contributed by atoms with Crippen molar-refractivity contribution in [2.45, 2.75) is 25.7 Å². The minimum Gasteiger partial charge on any atom is -0.484 e. The highest BCUT2D eigenvalue weighted by Crippen LogP contribution is 2.25. The van der Waals surface area contributed by atoms with E-state index < -0.39 is 12.8 Å². The molecule has 0 saturated carbocycles. The standard InChI is InChI=1S/C14H19F3N2O/c1-10-6-19(8-12(10)18)7-11-4-2-3-5-13(11)20-9-14(15,16)17/h2-5,10,12H,6-9,18H2,1H3. The highest BCUT2D eigenvalue weighted by Gasteiger charge is 2.30. The van der Waals surface area contributed by atoms with Crippen LogP contribution in [0.15, 0.2) is 24.3 Å². The van der Waals surface area contributed by atoms with Crippen LogP contribution in [0, 0.1) is 5.92 Å². The molecule has 6 heteroatoms. The molecule has 1 aromatic rings. The first-order chi connectivity index (χ1) is 9.35. The third-order valence-corrected chi connectivity index (χ3v) is 3.50. The van der Waals surface area contributed by atoms with Crippen LogP contribution in [0.5, 0.6) is 5.75 Å². The Morgan fingerprint density at radius 3 is 2.60 bits per heavy atom. The van der Waals surface area contributed by atoms with Crippen molar-refractivity contribution in [3.8, 4) is 5.75 Å². The first-order valence-electron chi connectivity index (χ1n) is 6.60. The zero-order valence-electron chi connectivity index (χ0n) is 11.4. The Kier molecular flexibility index (Phi) is 4.55. The number of hydrogen-bond acceptors (Lipinski definition) is 3. The van der Waals surface area contributed by atoms with Gasteiger partial charge in [0.2, 0.25) is 0 Å². The molecule has 1 aliphatic rings. The second-order valence-corrected chi connectivity index (χ2v) is 5.35. The Morgan fingerprint density at radius 1 is 1.30 bits per heavy atom. The summed E-state index contributed by atoms with van der Waals surface area (Å²) in [6.45, 7) is 2.99. The molecule has 0 aliphatic carbocycles. The normalized spacial score (nSPS) is 24.1. The fraction of sp³-hybridized carbons (Fsp3) is 0.571. The van der Waals surface area contributed by atoms with Crippen LogP contribution >= 0.6 is 0 Å². The number of para-hydroxylation sites is 1. The third kappa shape index (κ3) is 4.11. The van der Waals surface area contributed by atoms with Gasteiger partial charge in [0.1, 0.15) is 5.75 Å². The molecule has 2 unspecified atom stereocenters. The lowest BCUT2D eigenvalue weighted by atomic mass is 10.1. The Hall–Kier alpha value is -1.27. The van der Waals surface area contributed by atoms with Gasteiger partial charge in [-0.05, 0) is 12.0 Å². The van der Waals surface area contributed by atoms with Crippen molar-refractivity contribution in [1.29, 1.82) is 0 Å². The number of nitrogens with zero attached hydrogens (tertiary/aromatic N) is 1. The summed E-state index contributed by atoms with van der Waals surface area (Å²) in [5, 5.41) is 0. The first kappa shape index (κ1) is 15.1. The Labute approximate surface area is 116 Å². The molecule has 112 valence electrons. The Morgan fingerprint density at radius 2 is 2.00 bits per heavy atom. The predicted octanol–water partition coefficient (Wildman–Crippen LogP) is 2.41. The molecule has 2 rings (SSSR count). The average Bonchev–Trinajstić information content (AvgIpc) is 2.66. The van der Waals surface area contributed by atoms with Gasteiger partial charge >= 0.3 is 6.18 Å². The highest BCUT2D eigenvalue weighted by molar-refractivity contribution is 5.33. The maximum atomic E-state index is 12.2. The Balaban J connectivity index is 2.01. The van der Waals surface area contributed by atoms with Crippen LogP contribution in [0.25, 0.3) is 0 Å². The number of nitrogens with two attached hydrogens (primary N) is 1. The van der Waals surface area contributed by atoms with Crippen molar-refractivity contribution in [1.82, 2.24) is 4.90 Å². The number of benzene rings is 1. The number of rotatable bonds is 4. The summed E-state index contributed by atoms with van der Waals surface area (Å²) in [6.07, 6.45) is -4.32. The van der Waals surface area contributed by atoms with Crippen molar-refractivity contribution < 1.29 is 17.9 Å². The molecule has 1 aliphatic heterocycles. The molecule has 0 aromatic heterocycles. The zero-order chi connectivity index (χ0) is 14.8. The molecule has 20 heavy (non-hydrogen) atoms. The fourth-order valence-electron chi connectivity index (χ4n) is 2.40. The Bertz CT molecular complexity index is 440. The van der Waals surface area contributed by atoms with Crippen molar-refractivity contribution in [3.05, 3.63) is 29.8 Å². The SMILES string of the molecule is CC1CN(Cc2ccccc2OCC(F)(F)F)CC1N. The second-order valence-electron chi connectivity index (χ2n) is 5.35. The largest absolute Gasteiger partial charge is 0.484 e. The van der Waals surface area contributed by atoms with Crippen LogP contribution in [0.1, 0.15) is 12.5 Å². The van der Waals surface area contributed by atoms with E-state index in [2.05, 4.69) is 11.8 Å². The van der Waals surface area contributed by atoms with Gasteiger partial charge in [-0.2, -0.15) is 13.2 Å². The van der Waals surface area contributed by atoms with Gasteiger partial charge in [-0.3, -0.25) is 4.90 Å². The third-order valence-electron chi connectivity index (χ3n) is 3.50. The number of likely N-dealkylation sites (tertiary alicyclic amines) is 1. The summed E-state index contributed by atoms with van der Waals surface area (Å²) in [4.78, 5) is 2.14.